The molecule has 0 aromatic carbocycles. The molecule has 0 radical (unpaired) electrons. The van der Waals surface area contributed by atoms with Crippen molar-refractivity contribution in [2.24, 2.45) is 0 Å². The third-order valence-electron chi connectivity index (χ3n) is 3.31. The Morgan fingerprint density at radius 3 is 2.55 bits per heavy atom. The SMILES string of the molecule is C[C@@H]1CCC[C@H](CNC(=O)OC(C)(C)C)N1C(=O)CBr. The van der Waals surface area contributed by atoms with Crippen LogP contribution in [0.1, 0.15) is 47.0 Å². The molecule has 0 unspecified atom stereocenters. The number of rotatable bonds is 3. The predicted octanol–water partition coefficient (Wildman–Crippen LogP) is 2.68. The summed E-state index contributed by atoms with van der Waals surface area (Å²) in [5.74, 6) is 0.0770. The highest BCUT2D eigenvalue weighted by Gasteiger charge is 2.31. The maximum Gasteiger partial charge on any atom is 0.407 e. The third kappa shape index (κ3) is 5.31. The van der Waals surface area contributed by atoms with Crippen molar-refractivity contribution in [2.45, 2.75) is 64.6 Å². The van der Waals surface area contributed by atoms with Gasteiger partial charge in [0.25, 0.3) is 0 Å². The lowest BCUT2D eigenvalue weighted by molar-refractivity contribution is -0.134. The van der Waals surface area contributed by atoms with E-state index in [1.54, 1.807) is 0 Å². The summed E-state index contributed by atoms with van der Waals surface area (Å²) in [6.45, 7) is 7.99. The number of amides is 2. The van der Waals surface area contributed by atoms with E-state index in [2.05, 4.69) is 28.2 Å². The van der Waals surface area contributed by atoms with Gasteiger partial charge in [-0.15, -0.1) is 0 Å². The number of alkyl halides is 1. The van der Waals surface area contributed by atoms with E-state index in [0.29, 0.717) is 11.9 Å². The fraction of sp³-hybridized carbons (Fsp3) is 0.857. The molecule has 1 aliphatic heterocycles. The van der Waals surface area contributed by atoms with E-state index in [1.807, 2.05) is 25.7 Å². The Kier molecular flexibility index (Phi) is 6.30. The van der Waals surface area contributed by atoms with Gasteiger partial charge in [0.15, 0.2) is 0 Å². The molecule has 116 valence electrons. The highest BCUT2D eigenvalue weighted by Crippen LogP contribution is 2.23. The van der Waals surface area contributed by atoms with Crippen LogP contribution in [0.15, 0.2) is 0 Å². The molecule has 0 aromatic heterocycles. The van der Waals surface area contributed by atoms with Crippen LogP contribution < -0.4 is 5.32 Å². The second-order valence-corrected chi connectivity index (χ2v) is 6.81. The second kappa shape index (κ2) is 7.29. The van der Waals surface area contributed by atoms with Gasteiger partial charge in [-0.2, -0.15) is 0 Å². The van der Waals surface area contributed by atoms with Gasteiger partial charge in [0.05, 0.1) is 5.33 Å². The normalized spacial score (nSPS) is 23.4. The molecule has 0 aromatic rings. The van der Waals surface area contributed by atoms with Crippen LogP contribution in [-0.2, 0) is 9.53 Å². The largest absolute Gasteiger partial charge is 0.444 e. The Bertz CT molecular complexity index is 355. The Morgan fingerprint density at radius 2 is 2.00 bits per heavy atom. The molecule has 1 heterocycles. The van der Waals surface area contributed by atoms with E-state index in [-0.39, 0.29) is 18.0 Å². The summed E-state index contributed by atoms with van der Waals surface area (Å²) in [6, 6.07) is 0.274. The molecule has 2 atom stereocenters. The zero-order chi connectivity index (χ0) is 15.3. The summed E-state index contributed by atoms with van der Waals surface area (Å²) >= 11 is 3.22. The molecule has 1 rings (SSSR count). The molecule has 0 bridgehead atoms. The first-order chi connectivity index (χ1) is 9.24. The molecule has 0 saturated carbocycles. The topological polar surface area (TPSA) is 58.6 Å². The monoisotopic (exact) mass is 348 g/mol. The number of carbonyl (C=O) groups is 2. The average Bonchev–Trinajstić information content (AvgIpc) is 2.33. The summed E-state index contributed by atoms with van der Waals surface area (Å²) in [5.41, 5.74) is -0.505. The quantitative estimate of drug-likeness (QED) is 0.797. The minimum atomic E-state index is -0.505. The fourth-order valence-corrected chi connectivity index (χ4v) is 2.81. The van der Waals surface area contributed by atoms with Crippen molar-refractivity contribution >= 4 is 27.9 Å². The standard InChI is InChI=1S/C14H25BrN2O3/c1-10-6-5-7-11(17(10)12(18)8-15)9-16-13(19)20-14(2,3)4/h10-11H,5-9H2,1-4H3,(H,16,19)/t10-,11-/m1/s1. The number of alkyl carbamates (subject to hydrolysis) is 1. The van der Waals surface area contributed by atoms with Crippen molar-refractivity contribution < 1.29 is 14.3 Å². The van der Waals surface area contributed by atoms with Crippen LogP contribution in [0.2, 0.25) is 0 Å². The minimum absolute atomic E-state index is 0.0521. The van der Waals surface area contributed by atoms with Crippen LogP contribution in [0.3, 0.4) is 0 Å². The van der Waals surface area contributed by atoms with Crippen LogP contribution in [0, 0.1) is 0 Å². The molecule has 2 amide bonds. The van der Waals surface area contributed by atoms with E-state index in [9.17, 15) is 9.59 Å². The molecule has 6 heteroatoms. The van der Waals surface area contributed by atoms with Crippen molar-refractivity contribution in [1.82, 2.24) is 10.2 Å². The Labute approximate surface area is 129 Å². The maximum atomic E-state index is 12.0. The number of hydrogen-bond acceptors (Lipinski definition) is 3. The summed E-state index contributed by atoms with van der Waals surface area (Å²) in [6.07, 6.45) is 2.58. The van der Waals surface area contributed by atoms with Gasteiger partial charge in [0, 0.05) is 18.6 Å². The minimum Gasteiger partial charge on any atom is -0.444 e. The van der Waals surface area contributed by atoms with Crippen LogP contribution >= 0.6 is 15.9 Å². The number of hydrogen-bond donors (Lipinski definition) is 1. The van der Waals surface area contributed by atoms with Crippen molar-refractivity contribution in [3.8, 4) is 0 Å². The summed E-state index contributed by atoms with van der Waals surface area (Å²) in [5, 5.41) is 3.09. The lowest BCUT2D eigenvalue weighted by Gasteiger charge is -2.40. The van der Waals surface area contributed by atoms with E-state index in [4.69, 9.17) is 4.74 Å². The maximum absolute atomic E-state index is 12.0. The predicted molar refractivity (Wildman–Crippen MR) is 82.0 cm³/mol. The Morgan fingerprint density at radius 1 is 1.35 bits per heavy atom. The lowest BCUT2D eigenvalue weighted by atomic mass is 9.96. The first kappa shape index (κ1) is 17.3. The molecule has 1 fully saturated rings. The zero-order valence-electron chi connectivity index (χ0n) is 12.7. The number of carbonyl (C=O) groups excluding carboxylic acids is 2. The van der Waals surface area contributed by atoms with E-state index in [0.717, 1.165) is 19.3 Å². The summed E-state index contributed by atoms with van der Waals surface area (Å²) in [4.78, 5) is 25.6. The van der Waals surface area contributed by atoms with E-state index >= 15 is 0 Å². The van der Waals surface area contributed by atoms with Gasteiger partial charge in [-0.25, -0.2) is 4.79 Å². The van der Waals surface area contributed by atoms with Crippen LogP contribution in [-0.4, -0.2) is 46.5 Å². The van der Waals surface area contributed by atoms with E-state index in [1.165, 1.54) is 0 Å². The number of piperidine rings is 1. The molecule has 1 aliphatic rings. The van der Waals surface area contributed by atoms with Gasteiger partial charge in [0.1, 0.15) is 5.60 Å². The van der Waals surface area contributed by atoms with Crippen molar-refractivity contribution in [3.05, 3.63) is 0 Å². The van der Waals surface area contributed by atoms with Gasteiger partial charge in [-0.1, -0.05) is 15.9 Å². The summed E-state index contributed by atoms with van der Waals surface area (Å²) < 4.78 is 5.21. The van der Waals surface area contributed by atoms with Crippen molar-refractivity contribution in [1.29, 1.82) is 0 Å². The number of ether oxygens (including phenoxy) is 1. The third-order valence-corrected chi connectivity index (χ3v) is 3.79. The van der Waals surface area contributed by atoms with Gasteiger partial charge < -0.3 is 15.0 Å². The van der Waals surface area contributed by atoms with Gasteiger partial charge in [0.2, 0.25) is 5.91 Å². The smallest absolute Gasteiger partial charge is 0.407 e. The van der Waals surface area contributed by atoms with Gasteiger partial charge >= 0.3 is 6.09 Å². The molecule has 0 aliphatic carbocycles. The van der Waals surface area contributed by atoms with Crippen molar-refractivity contribution in [2.75, 3.05) is 11.9 Å². The Balaban J connectivity index is 2.55. The molecular formula is C14H25BrN2O3. The fourth-order valence-electron chi connectivity index (χ4n) is 2.52. The lowest BCUT2D eigenvalue weighted by Crippen LogP contribution is -2.53. The number of halogens is 1. The molecule has 5 nitrogen and oxygen atoms in total. The molecule has 0 spiro atoms. The van der Waals surface area contributed by atoms with Gasteiger partial charge in [-0.05, 0) is 47.0 Å². The average molecular weight is 349 g/mol. The van der Waals surface area contributed by atoms with Crippen LogP contribution in [0.5, 0.6) is 0 Å². The van der Waals surface area contributed by atoms with Crippen LogP contribution in [0.4, 0.5) is 4.79 Å². The summed E-state index contributed by atoms with van der Waals surface area (Å²) in [7, 11) is 0. The van der Waals surface area contributed by atoms with E-state index < -0.39 is 11.7 Å². The highest BCUT2D eigenvalue weighted by atomic mass is 79.9. The first-order valence-electron chi connectivity index (χ1n) is 7.08. The number of nitrogens with one attached hydrogen (secondary N) is 1. The molecule has 1 saturated heterocycles. The molecule has 20 heavy (non-hydrogen) atoms. The second-order valence-electron chi connectivity index (χ2n) is 6.25. The van der Waals surface area contributed by atoms with Gasteiger partial charge in [-0.3, -0.25) is 4.79 Å². The first-order valence-corrected chi connectivity index (χ1v) is 8.20. The molecule has 1 N–H and O–H groups in total. The molecular weight excluding hydrogens is 324 g/mol. The van der Waals surface area contributed by atoms with Crippen molar-refractivity contribution in [3.63, 3.8) is 0 Å². The highest BCUT2D eigenvalue weighted by molar-refractivity contribution is 9.09. The number of likely N-dealkylation sites (tertiary alicyclic amines) is 1. The zero-order valence-corrected chi connectivity index (χ0v) is 14.3. The Hall–Kier alpha value is -0.780. The number of nitrogens with zero attached hydrogens (tertiary/aromatic N) is 1. The van der Waals surface area contributed by atoms with Crippen LogP contribution in [0.25, 0.3) is 0 Å².